The van der Waals surface area contributed by atoms with Crippen LogP contribution in [0.3, 0.4) is 0 Å². The third-order valence-corrected chi connectivity index (χ3v) is 2.79. The topological polar surface area (TPSA) is 23.8 Å². The zero-order valence-corrected chi connectivity index (χ0v) is 5.09. The molecule has 0 unspecified atom stereocenters. The number of hydrogen-bond donors (Lipinski definition) is 0. The monoisotopic (exact) mass is 113 g/mol. The molecule has 2 heteroatoms. The van der Waals surface area contributed by atoms with Crippen molar-refractivity contribution in [3.05, 3.63) is 0 Å². The molecule has 1 nitrogen and oxygen atoms in total. The third kappa shape index (κ3) is 0.733. The summed E-state index contributed by atoms with van der Waals surface area (Å²) in [4.78, 5) is 0. The predicted octanol–water partition coefficient (Wildman–Crippen LogP) is 1.26. The summed E-state index contributed by atoms with van der Waals surface area (Å²) in [6.07, 6.45) is 0. The van der Waals surface area contributed by atoms with Crippen LogP contribution in [0.4, 0.5) is 0 Å². The Balaban J connectivity index is 2.48. The molecule has 0 N–H and O–H groups in total. The van der Waals surface area contributed by atoms with Gasteiger partial charge >= 0.3 is 0 Å². The van der Waals surface area contributed by atoms with Gasteiger partial charge in [-0.05, 0) is 6.92 Å². The van der Waals surface area contributed by atoms with Gasteiger partial charge in [0, 0.05) is 11.5 Å². The van der Waals surface area contributed by atoms with Gasteiger partial charge in [0.05, 0.1) is 11.5 Å². The summed E-state index contributed by atoms with van der Waals surface area (Å²) in [7, 11) is 0. The van der Waals surface area contributed by atoms with Gasteiger partial charge in [-0.25, -0.2) is 0 Å². The van der Waals surface area contributed by atoms with Gasteiger partial charge in [0.25, 0.3) is 0 Å². The molecule has 0 amide bonds. The lowest BCUT2D eigenvalue weighted by Gasteiger charge is -2.29. The molecule has 1 saturated heterocycles. The number of rotatable bonds is 0. The van der Waals surface area contributed by atoms with E-state index in [-0.39, 0.29) is 5.41 Å². The van der Waals surface area contributed by atoms with Crippen molar-refractivity contribution in [2.45, 2.75) is 6.92 Å². The molecule has 1 aliphatic heterocycles. The first-order valence-corrected chi connectivity index (χ1v) is 3.41. The van der Waals surface area contributed by atoms with E-state index in [1.54, 1.807) is 0 Å². The first-order valence-electron chi connectivity index (χ1n) is 2.26. The van der Waals surface area contributed by atoms with Crippen LogP contribution in [0.5, 0.6) is 0 Å². The normalized spacial score (nSPS) is 25.1. The molecule has 0 aliphatic carbocycles. The SMILES string of the molecule is CC1(C#N)CSC1. The van der Waals surface area contributed by atoms with Crippen molar-refractivity contribution in [2.75, 3.05) is 11.5 Å². The average molecular weight is 113 g/mol. The Hall–Kier alpha value is -0.160. The summed E-state index contributed by atoms with van der Waals surface area (Å²) in [6.45, 7) is 2.00. The van der Waals surface area contributed by atoms with Crippen molar-refractivity contribution in [3.8, 4) is 6.07 Å². The smallest absolute Gasteiger partial charge is 0.0726 e. The molecular formula is C5H7NS. The maximum atomic E-state index is 8.38. The van der Waals surface area contributed by atoms with Gasteiger partial charge in [-0.15, -0.1) is 0 Å². The minimum atomic E-state index is 0.0324. The molecule has 0 aromatic heterocycles. The number of nitrogens with zero attached hydrogens (tertiary/aromatic N) is 1. The van der Waals surface area contributed by atoms with Crippen LogP contribution in [0, 0.1) is 16.7 Å². The molecule has 38 valence electrons. The van der Waals surface area contributed by atoms with Crippen molar-refractivity contribution in [2.24, 2.45) is 5.41 Å². The van der Waals surface area contributed by atoms with Crippen LogP contribution in [-0.2, 0) is 0 Å². The van der Waals surface area contributed by atoms with Crippen molar-refractivity contribution in [1.82, 2.24) is 0 Å². The van der Waals surface area contributed by atoms with Crippen LogP contribution in [0.15, 0.2) is 0 Å². The van der Waals surface area contributed by atoms with E-state index in [2.05, 4.69) is 6.07 Å². The largest absolute Gasteiger partial charge is 0.198 e. The molecular weight excluding hydrogens is 106 g/mol. The molecule has 0 aromatic rings. The van der Waals surface area contributed by atoms with Crippen LogP contribution < -0.4 is 0 Å². The van der Waals surface area contributed by atoms with Crippen LogP contribution in [-0.4, -0.2) is 11.5 Å². The molecule has 0 bridgehead atoms. The van der Waals surface area contributed by atoms with Crippen LogP contribution >= 0.6 is 11.8 Å². The van der Waals surface area contributed by atoms with E-state index in [9.17, 15) is 0 Å². The van der Waals surface area contributed by atoms with Crippen LogP contribution in [0.1, 0.15) is 6.92 Å². The zero-order chi connectivity index (χ0) is 5.33. The highest BCUT2D eigenvalue weighted by atomic mass is 32.2. The van der Waals surface area contributed by atoms with E-state index >= 15 is 0 Å². The molecule has 0 atom stereocenters. The summed E-state index contributed by atoms with van der Waals surface area (Å²) in [6, 6.07) is 2.26. The average Bonchev–Trinajstić information content (AvgIpc) is 1.61. The highest BCUT2D eigenvalue weighted by Gasteiger charge is 2.32. The first kappa shape index (κ1) is 4.99. The quantitative estimate of drug-likeness (QED) is 0.472. The van der Waals surface area contributed by atoms with Gasteiger partial charge in [0.15, 0.2) is 0 Å². The second kappa shape index (κ2) is 1.41. The highest BCUT2D eigenvalue weighted by molar-refractivity contribution is 8.00. The van der Waals surface area contributed by atoms with E-state index in [1.807, 2.05) is 18.7 Å². The lowest BCUT2D eigenvalue weighted by atomic mass is 9.98. The van der Waals surface area contributed by atoms with E-state index in [4.69, 9.17) is 5.26 Å². The van der Waals surface area contributed by atoms with E-state index < -0.39 is 0 Å². The Morgan fingerprint density at radius 2 is 2.29 bits per heavy atom. The van der Waals surface area contributed by atoms with E-state index in [0.717, 1.165) is 11.5 Å². The van der Waals surface area contributed by atoms with Crippen molar-refractivity contribution in [1.29, 1.82) is 5.26 Å². The van der Waals surface area contributed by atoms with Crippen molar-refractivity contribution < 1.29 is 0 Å². The van der Waals surface area contributed by atoms with Crippen molar-refractivity contribution >= 4 is 11.8 Å². The van der Waals surface area contributed by atoms with Crippen molar-refractivity contribution in [3.63, 3.8) is 0 Å². The maximum Gasteiger partial charge on any atom is 0.0726 e. The first-order chi connectivity index (χ1) is 3.27. The fourth-order valence-electron chi connectivity index (χ4n) is 0.473. The number of nitriles is 1. The summed E-state index contributed by atoms with van der Waals surface area (Å²) in [5, 5.41) is 8.38. The van der Waals surface area contributed by atoms with E-state index in [0.29, 0.717) is 0 Å². The number of hydrogen-bond acceptors (Lipinski definition) is 2. The van der Waals surface area contributed by atoms with Gasteiger partial charge in [0.2, 0.25) is 0 Å². The minimum absolute atomic E-state index is 0.0324. The molecule has 1 heterocycles. The minimum Gasteiger partial charge on any atom is -0.198 e. The molecule has 7 heavy (non-hydrogen) atoms. The van der Waals surface area contributed by atoms with E-state index in [1.165, 1.54) is 0 Å². The second-order valence-electron chi connectivity index (χ2n) is 2.17. The summed E-state index contributed by atoms with van der Waals surface area (Å²) >= 11 is 1.85. The molecule has 1 rings (SSSR count). The maximum absolute atomic E-state index is 8.38. The third-order valence-electron chi connectivity index (χ3n) is 1.11. The van der Waals surface area contributed by atoms with Gasteiger partial charge in [0.1, 0.15) is 0 Å². The van der Waals surface area contributed by atoms with Gasteiger partial charge in [-0.1, -0.05) is 0 Å². The molecule has 1 aliphatic rings. The summed E-state index contributed by atoms with van der Waals surface area (Å²) < 4.78 is 0. The Kier molecular flexibility index (Phi) is 1.01. The Labute approximate surface area is 47.7 Å². The molecule has 0 aromatic carbocycles. The van der Waals surface area contributed by atoms with Gasteiger partial charge in [-0.2, -0.15) is 17.0 Å². The Morgan fingerprint density at radius 3 is 2.29 bits per heavy atom. The zero-order valence-electron chi connectivity index (χ0n) is 4.27. The standard InChI is InChI=1S/C5H7NS/c1-5(2-6)3-7-4-5/h3-4H2,1H3. The molecule has 0 spiro atoms. The summed E-state index contributed by atoms with van der Waals surface area (Å²) in [5.41, 5.74) is 0.0324. The Morgan fingerprint density at radius 1 is 1.71 bits per heavy atom. The second-order valence-corrected chi connectivity index (χ2v) is 3.15. The van der Waals surface area contributed by atoms with Crippen LogP contribution in [0.2, 0.25) is 0 Å². The van der Waals surface area contributed by atoms with Crippen LogP contribution in [0.25, 0.3) is 0 Å². The predicted molar refractivity (Wildman–Crippen MR) is 31.0 cm³/mol. The number of thioether (sulfide) groups is 1. The molecule has 0 saturated carbocycles. The fraction of sp³-hybridized carbons (Fsp3) is 0.800. The highest BCUT2D eigenvalue weighted by Crippen LogP contribution is 2.36. The Bertz CT molecular complexity index is 110. The molecule has 0 radical (unpaired) electrons. The van der Waals surface area contributed by atoms with Gasteiger partial charge < -0.3 is 0 Å². The van der Waals surface area contributed by atoms with Gasteiger partial charge in [-0.3, -0.25) is 0 Å². The fourth-order valence-corrected chi connectivity index (χ4v) is 1.42. The lowest BCUT2D eigenvalue weighted by molar-refractivity contribution is 0.552. The summed E-state index contributed by atoms with van der Waals surface area (Å²) in [5.74, 6) is 2.06. The lowest BCUT2D eigenvalue weighted by Crippen LogP contribution is -2.29. The molecule has 1 fully saturated rings.